The van der Waals surface area contributed by atoms with Gasteiger partial charge in [0.15, 0.2) is 5.75 Å². The van der Waals surface area contributed by atoms with Crippen molar-refractivity contribution in [3.8, 4) is 5.75 Å². The summed E-state index contributed by atoms with van der Waals surface area (Å²) in [5.41, 5.74) is 0.478. The van der Waals surface area contributed by atoms with Gasteiger partial charge in [0.25, 0.3) is 0 Å². The molecule has 0 aromatic heterocycles. The van der Waals surface area contributed by atoms with Crippen LogP contribution >= 0.6 is 0 Å². The Morgan fingerprint density at radius 1 is 1.30 bits per heavy atom. The smallest absolute Gasteiger partial charge is 0.415 e. The molecule has 1 amide bonds. The van der Waals surface area contributed by atoms with Gasteiger partial charge in [-0.15, -0.1) is 0 Å². The maximum atomic E-state index is 11.9. The number of carboxylic acid groups (broad SMARTS) is 1. The first-order valence-corrected chi connectivity index (χ1v) is 6.25. The van der Waals surface area contributed by atoms with Crippen molar-refractivity contribution in [1.29, 1.82) is 0 Å². The summed E-state index contributed by atoms with van der Waals surface area (Å²) in [6, 6.07) is 2.64. The van der Waals surface area contributed by atoms with Crippen molar-refractivity contribution in [3.63, 3.8) is 0 Å². The normalized spacial score (nSPS) is 9.95. The first-order valence-electron chi connectivity index (χ1n) is 6.25. The third kappa shape index (κ3) is 3.14. The van der Waals surface area contributed by atoms with Crippen LogP contribution in [0, 0.1) is 6.92 Å². The van der Waals surface area contributed by atoms with Crippen molar-refractivity contribution in [2.24, 2.45) is 0 Å². The second-order valence-corrected chi connectivity index (χ2v) is 4.12. The van der Waals surface area contributed by atoms with Gasteiger partial charge in [-0.3, -0.25) is 4.79 Å². The standard InChI is InChI=1S/C14H17NO5/c1-4-15(5-2)14(19)20-12-9(3)10(8-16)6-7-11(12)13(17)18/h6-8H,4-5H2,1-3H3,(H,17,18). The van der Waals surface area contributed by atoms with Crippen molar-refractivity contribution in [2.75, 3.05) is 13.1 Å². The number of carbonyl (C=O) groups is 3. The van der Waals surface area contributed by atoms with Gasteiger partial charge in [0.2, 0.25) is 0 Å². The van der Waals surface area contributed by atoms with Crippen molar-refractivity contribution in [1.82, 2.24) is 4.90 Å². The van der Waals surface area contributed by atoms with Crippen molar-refractivity contribution in [3.05, 3.63) is 28.8 Å². The van der Waals surface area contributed by atoms with Crippen LogP contribution in [0.3, 0.4) is 0 Å². The minimum Gasteiger partial charge on any atom is -0.478 e. The molecule has 0 aliphatic rings. The van der Waals surface area contributed by atoms with Crippen LogP contribution in [-0.2, 0) is 0 Å². The maximum Gasteiger partial charge on any atom is 0.415 e. The lowest BCUT2D eigenvalue weighted by Gasteiger charge is -2.19. The van der Waals surface area contributed by atoms with E-state index in [2.05, 4.69) is 0 Å². The van der Waals surface area contributed by atoms with Gasteiger partial charge < -0.3 is 14.7 Å². The molecule has 6 nitrogen and oxygen atoms in total. The fourth-order valence-electron chi connectivity index (χ4n) is 1.77. The quantitative estimate of drug-likeness (QED) is 0.836. The molecular weight excluding hydrogens is 262 g/mol. The first kappa shape index (κ1) is 15.7. The minimum absolute atomic E-state index is 0.0843. The third-order valence-electron chi connectivity index (χ3n) is 3.02. The molecular formula is C14H17NO5. The van der Waals surface area contributed by atoms with E-state index in [1.165, 1.54) is 17.0 Å². The number of hydrogen-bond acceptors (Lipinski definition) is 4. The van der Waals surface area contributed by atoms with Crippen LogP contribution in [0.4, 0.5) is 4.79 Å². The zero-order valence-electron chi connectivity index (χ0n) is 11.7. The summed E-state index contributed by atoms with van der Waals surface area (Å²) in [5, 5.41) is 9.13. The van der Waals surface area contributed by atoms with Gasteiger partial charge in [-0.1, -0.05) is 6.07 Å². The van der Waals surface area contributed by atoms with Crippen LogP contribution in [0.1, 0.15) is 40.1 Å². The molecule has 0 atom stereocenters. The predicted molar refractivity (Wildman–Crippen MR) is 72.5 cm³/mol. The first-order chi connectivity index (χ1) is 9.46. The zero-order valence-corrected chi connectivity index (χ0v) is 11.7. The summed E-state index contributed by atoms with van der Waals surface area (Å²) in [5.74, 6) is -1.30. The number of carboxylic acids is 1. The topological polar surface area (TPSA) is 83.9 Å². The van der Waals surface area contributed by atoms with E-state index in [4.69, 9.17) is 9.84 Å². The molecule has 0 heterocycles. The number of rotatable bonds is 5. The molecule has 0 fully saturated rings. The largest absolute Gasteiger partial charge is 0.478 e. The molecule has 1 aromatic rings. The van der Waals surface area contributed by atoms with Crippen LogP contribution in [0.5, 0.6) is 5.75 Å². The van der Waals surface area contributed by atoms with E-state index in [9.17, 15) is 14.4 Å². The number of carbonyl (C=O) groups excluding carboxylic acids is 2. The number of ether oxygens (including phenoxy) is 1. The number of hydrogen-bond donors (Lipinski definition) is 1. The zero-order chi connectivity index (χ0) is 15.3. The number of nitrogens with zero attached hydrogens (tertiary/aromatic N) is 1. The lowest BCUT2D eigenvalue weighted by Crippen LogP contribution is -2.33. The molecule has 0 aliphatic carbocycles. The van der Waals surface area contributed by atoms with E-state index in [-0.39, 0.29) is 16.9 Å². The Balaban J connectivity index is 3.24. The molecule has 1 aromatic carbocycles. The van der Waals surface area contributed by atoms with Crippen LogP contribution in [0.25, 0.3) is 0 Å². The molecule has 0 unspecified atom stereocenters. The predicted octanol–water partition coefficient (Wildman–Crippen LogP) is 2.35. The second-order valence-electron chi connectivity index (χ2n) is 4.12. The summed E-state index contributed by atoms with van der Waals surface area (Å²) < 4.78 is 5.17. The van der Waals surface area contributed by atoms with Crippen LogP contribution < -0.4 is 4.74 Å². The SMILES string of the molecule is CCN(CC)C(=O)Oc1c(C(=O)O)ccc(C=O)c1C. The molecule has 0 saturated heterocycles. The summed E-state index contributed by atoms with van der Waals surface area (Å²) in [7, 11) is 0. The number of aldehydes is 1. The summed E-state index contributed by atoms with van der Waals surface area (Å²) in [4.78, 5) is 35.4. The van der Waals surface area contributed by atoms with Crippen molar-refractivity contribution < 1.29 is 24.2 Å². The second kappa shape index (κ2) is 6.70. The van der Waals surface area contributed by atoms with E-state index < -0.39 is 12.1 Å². The van der Waals surface area contributed by atoms with Gasteiger partial charge in [0, 0.05) is 24.2 Å². The Morgan fingerprint density at radius 2 is 1.90 bits per heavy atom. The third-order valence-corrected chi connectivity index (χ3v) is 3.02. The van der Waals surface area contributed by atoms with Gasteiger partial charge >= 0.3 is 12.1 Å². The Hall–Kier alpha value is -2.37. The minimum atomic E-state index is -1.21. The average Bonchev–Trinajstić information content (AvgIpc) is 2.42. The highest BCUT2D eigenvalue weighted by atomic mass is 16.6. The van der Waals surface area contributed by atoms with E-state index >= 15 is 0 Å². The van der Waals surface area contributed by atoms with E-state index in [0.717, 1.165) is 0 Å². The molecule has 0 saturated carbocycles. The lowest BCUT2D eigenvalue weighted by molar-refractivity contribution is 0.0692. The highest BCUT2D eigenvalue weighted by Gasteiger charge is 2.21. The molecule has 1 N–H and O–H groups in total. The van der Waals surface area contributed by atoms with Crippen LogP contribution in [0.15, 0.2) is 12.1 Å². The van der Waals surface area contributed by atoms with E-state index in [0.29, 0.717) is 24.9 Å². The molecule has 20 heavy (non-hydrogen) atoms. The highest BCUT2D eigenvalue weighted by molar-refractivity contribution is 5.94. The van der Waals surface area contributed by atoms with Crippen molar-refractivity contribution >= 4 is 18.3 Å². The number of aromatic carboxylic acids is 1. The Labute approximate surface area is 117 Å². The summed E-state index contributed by atoms with van der Waals surface area (Å²) >= 11 is 0. The Bertz CT molecular complexity index is 535. The monoisotopic (exact) mass is 279 g/mol. The van der Waals surface area contributed by atoms with Gasteiger partial charge in [-0.25, -0.2) is 9.59 Å². The van der Waals surface area contributed by atoms with Gasteiger partial charge in [-0.05, 0) is 26.8 Å². The van der Waals surface area contributed by atoms with Gasteiger partial charge in [0.1, 0.15) is 11.8 Å². The van der Waals surface area contributed by atoms with Crippen molar-refractivity contribution in [2.45, 2.75) is 20.8 Å². The molecule has 1 rings (SSSR count). The molecule has 108 valence electrons. The van der Waals surface area contributed by atoms with Gasteiger partial charge in [-0.2, -0.15) is 0 Å². The summed E-state index contributed by atoms with van der Waals surface area (Å²) in [6.07, 6.45) is -0.0425. The van der Waals surface area contributed by atoms with Gasteiger partial charge in [0.05, 0.1) is 0 Å². The van der Waals surface area contributed by atoms with Crippen LogP contribution in [-0.4, -0.2) is 41.4 Å². The van der Waals surface area contributed by atoms with Crippen LogP contribution in [0.2, 0.25) is 0 Å². The molecule has 0 aliphatic heterocycles. The fourth-order valence-corrected chi connectivity index (χ4v) is 1.77. The molecule has 0 radical (unpaired) electrons. The lowest BCUT2D eigenvalue weighted by atomic mass is 10.0. The van der Waals surface area contributed by atoms with E-state index in [1.54, 1.807) is 20.8 Å². The number of benzene rings is 1. The molecule has 0 spiro atoms. The summed E-state index contributed by atoms with van der Waals surface area (Å²) in [6.45, 7) is 6.02. The molecule has 6 heteroatoms. The highest BCUT2D eigenvalue weighted by Crippen LogP contribution is 2.27. The van der Waals surface area contributed by atoms with E-state index in [1.807, 2.05) is 0 Å². The Kier molecular flexibility index (Phi) is 5.25. The fraction of sp³-hybridized carbons (Fsp3) is 0.357. The average molecular weight is 279 g/mol. The maximum absolute atomic E-state index is 11.9. The molecule has 0 bridgehead atoms. The number of amides is 1. The Morgan fingerprint density at radius 3 is 2.35 bits per heavy atom.